The molecule has 0 saturated carbocycles. The zero-order chi connectivity index (χ0) is 16.9. The Kier molecular flexibility index (Phi) is 4.48. The Morgan fingerprint density at radius 3 is 2.33 bits per heavy atom. The molecule has 120 valence electrons. The van der Waals surface area contributed by atoms with E-state index in [0.29, 0.717) is 16.3 Å². The third-order valence-corrected chi connectivity index (χ3v) is 3.48. The number of hydrogen-bond donors (Lipinski definition) is 2. The fraction of sp³-hybridized carbons (Fsp3) is 0. The monoisotopic (exact) mass is 342 g/mol. The number of rotatable bonds is 3. The molecule has 9 heteroatoms. The summed E-state index contributed by atoms with van der Waals surface area (Å²) in [5, 5.41) is 11.1. The summed E-state index contributed by atoms with van der Waals surface area (Å²) in [6.45, 7) is 0. The summed E-state index contributed by atoms with van der Waals surface area (Å²) >= 11 is 5.93. The molecule has 0 aliphatic rings. The van der Waals surface area contributed by atoms with E-state index in [1.165, 1.54) is 11.0 Å². The zero-order valence-electron chi connectivity index (χ0n) is 12.2. The van der Waals surface area contributed by atoms with E-state index in [1.54, 1.807) is 48.5 Å². The molecule has 2 amide bonds. The smallest absolute Gasteiger partial charge is 0.267 e. The van der Waals surface area contributed by atoms with Crippen LogP contribution >= 0.6 is 11.6 Å². The fourth-order valence-corrected chi connectivity index (χ4v) is 2.17. The molecule has 24 heavy (non-hydrogen) atoms. The molecule has 0 saturated heterocycles. The molecule has 0 spiro atoms. The highest BCUT2D eigenvalue weighted by Gasteiger charge is 2.11. The number of nitrogens with one attached hydrogen (secondary N) is 2. The van der Waals surface area contributed by atoms with Crippen LogP contribution in [-0.4, -0.2) is 32.0 Å². The van der Waals surface area contributed by atoms with Crippen LogP contribution in [0.5, 0.6) is 0 Å². The van der Waals surface area contributed by atoms with Crippen LogP contribution in [0.15, 0.2) is 54.9 Å². The van der Waals surface area contributed by atoms with E-state index in [4.69, 9.17) is 11.6 Å². The standard InChI is InChI=1S/C15H11ClN6O2/c16-13-4-2-1-3-12(13)15(24)19-18-14(23)10-5-7-11(8-6-10)22-9-17-20-21-22/h1-9H,(H,18,23)(H,19,24). The first kappa shape index (κ1) is 15.6. The number of benzene rings is 2. The zero-order valence-corrected chi connectivity index (χ0v) is 12.9. The average molecular weight is 343 g/mol. The van der Waals surface area contributed by atoms with Crippen molar-refractivity contribution in [1.29, 1.82) is 0 Å². The molecule has 8 nitrogen and oxygen atoms in total. The molecule has 2 aromatic carbocycles. The summed E-state index contributed by atoms with van der Waals surface area (Å²) in [7, 11) is 0. The molecule has 1 heterocycles. The van der Waals surface area contributed by atoms with Gasteiger partial charge in [-0.15, -0.1) is 5.10 Å². The number of amides is 2. The third-order valence-electron chi connectivity index (χ3n) is 3.15. The molecule has 0 radical (unpaired) electrons. The average Bonchev–Trinajstić information content (AvgIpc) is 3.14. The molecule has 2 N–H and O–H groups in total. The molecule has 0 unspecified atom stereocenters. The van der Waals surface area contributed by atoms with Crippen LogP contribution in [0.4, 0.5) is 0 Å². The molecule has 0 bridgehead atoms. The van der Waals surface area contributed by atoms with Gasteiger partial charge in [0.1, 0.15) is 6.33 Å². The second kappa shape index (κ2) is 6.88. The van der Waals surface area contributed by atoms with Gasteiger partial charge in [-0.3, -0.25) is 20.4 Å². The predicted molar refractivity (Wildman–Crippen MR) is 85.5 cm³/mol. The number of nitrogens with zero attached hydrogens (tertiary/aromatic N) is 4. The van der Waals surface area contributed by atoms with Gasteiger partial charge in [-0.2, -0.15) is 0 Å². The maximum absolute atomic E-state index is 12.1. The molecular weight excluding hydrogens is 332 g/mol. The minimum atomic E-state index is -0.501. The Morgan fingerprint density at radius 1 is 0.958 bits per heavy atom. The number of aromatic nitrogens is 4. The first-order chi connectivity index (χ1) is 11.6. The van der Waals surface area contributed by atoms with Crippen molar-refractivity contribution in [3.8, 4) is 5.69 Å². The van der Waals surface area contributed by atoms with Crippen LogP contribution in [-0.2, 0) is 0 Å². The summed E-state index contributed by atoms with van der Waals surface area (Å²) in [5.74, 6) is -0.960. The topological polar surface area (TPSA) is 102 Å². The number of carbonyl (C=O) groups is 2. The van der Waals surface area contributed by atoms with E-state index in [-0.39, 0.29) is 5.56 Å². The van der Waals surface area contributed by atoms with Crippen LogP contribution in [0.1, 0.15) is 20.7 Å². The highest BCUT2D eigenvalue weighted by Crippen LogP contribution is 2.14. The lowest BCUT2D eigenvalue weighted by Gasteiger charge is -2.08. The first-order valence-electron chi connectivity index (χ1n) is 6.84. The number of carbonyl (C=O) groups excluding carboxylic acids is 2. The quantitative estimate of drug-likeness (QED) is 0.700. The highest BCUT2D eigenvalue weighted by atomic mass is 35.5. The Balaban J connectivity index is 1.63. The van der Waals surface area contributed by atoms with Gasteiger partial charge in [-0.05, 0) is 46.8 Å². The lowest BCUT2D eigenvalue weighted by atomic mass is 10.2. The Morgan fingerprint density at radius 2 is 1.67 bits per heavy atom. The Bertz CT molecular complexity index is 864. The number of hydrazine groups is 1. The van der Waals surface area contributed by atoms with Gasteiger partial charge in [-0.1, -0.05) is 23.7 Å². The van der Waals surface area contributed by atoms with E-state index in [2.05, 4.69) is 26.4 Å². The van der Waals surface area contributed by atoms with Crippen molar-refractivity contribution < 1.29 is 9.59 Å². The van der Waals surface area contributed by atoms with Crippen molar-refractivity contribution in [3.05, 3.63) is 71.0 Å². The summed E-state index contributed by atoms with van der Waals surface area (Å²) in [5.41, 5.74) is 6.00. The molecule has 1 aromatic heterocycles. The van der Waals surface area contributed by atoms with Crippen LogP contribution in [0, 0.1) is 0 Å². The SMILES string of the molecule is O=C(NNC(=O)c1ccccc1Cl)c1ccc(-n2cnnn2)cc1. The summed E-state index contributed by atoms with van der Waals surface area (Å²) in [4.78, 5) is 24.0. The predicted octanol–water partition coefficient (Wildman–Crippen LogP) is 1.39. The first-order valence-corrected chi connectivity index (χ1v) is 7.21. The van der Waals surface area contributed by atoms with Crippen molar-refractivity contribution in [3.63, 3.8) is 0 Å². The molecule has 0 aliphatic carbocycles. The molecule has 0 atom stereocenters. The van der Waals surface area contributed by atoms with E-state index in [0.717, 1.165) is 0 Å². The van der Waals surface area contributed by atoms with Gasteiger partial charge in [0.15, 0.2) is 0 Å². The van der Waals surface area contributed by atoms with Gasteiger partial charge < -0.3 is 0 Å². The minimum absolute atomic E-state index is 0.272. The molecule has 0 fully saturated rings. The molecule has 3 rings (SSSR count). The second-order valence-electron chi connectivity index (χ2n) is 4.69. The summed E-state index contributed by atoms with van der Waals surface area (Å²) < 4.78 is 1.46. The summed E-state index contributed by atoms with van der Waals surface area (Å²) in [6, 6.07) is 13.1. The van der Waals surface area contributed by atoms with Gasteiger partial charge in [-0.25, -0.2) is 4.68 Å². The minimum Gasteiger partial charge on any atom is -0.267 e. The van der Waals surface area contributed by atoms with E-state index in [9.17, 15) is 9.59 Å². The number of hydrogen-bond acceptors (Lipinski definition) is 5. The largest absolute Gasteiger partial charge is 0.271 e. The highest BCUT2D eigenvalue weighted by molar-refractivity contribution is 6.33. The van der Waals surface area contributed by atoms with Crippen molar-refractivity contribution >= 4 is 23.4 Å². The van der Waals surface area contributed by atoms with E-state index >= 15 is 0 Å². The fourth-order valence-electron chi connectivity index (χ4n) is 1.94. The lowest BCUT2D eigenvalue weighted by Crippen LogP contribution is -2.41. The number of halogens is 1. The third kappa shape index (κ3) is 3.39. The van der Waals surface area contributed by atoms with Crippen molar-refractivity contribution in [2.45, 2.75) is 0 Å². The molecule has 3 aromatic rings. The maximum Gasteiger partial charge on any atom is 0.271 e. The van der Waals surface area contributed by atoms with Gasteiger partial charge in [0, 0.05) is 5.56 Å². The van der Waals surface area contributed by atoms with Crippen LogP contribution in [0.2, 0.25) is 5.02 Å². The number of tetrazole rings is 1. The lowest BCUT2D eigenvalue weighted by molar-refractivity contribution is 0.0847. The van der Waals surface area contributed by atoms with Gasteiger partial charge in [0.25, 0.3) is 11.8 Å². The maximum atomic E-state index is 12.1. The van der Waals surface area contributed by atoms with Crippen LogP contribution < -0.4 is 10.9 Å². The van der Waals surface area contributed by atoms with Crippen LogP contribution in [0.25, 0.3) is 5.69 Å². The van der Waals surface area contributed by atoms with Gasteiger partial charge in [0.2, 0.25) is 0 Å². The summed E-state index contributed by atoms with van der Waals surface area (Å²) in [6.07, 6.45) is 1.44. The Labute approximate surface area is 141 Å². The Hall–Kier alpha value is -3.26. The molecule has 0 aliphatic heterocycles. The second-order valence-corrected chi connectivity index (χ2v) is 5.10. The van der Waals surface area contributed by atoms with Crippen LogP contribution in [0.3, 0.4) is 0 Å². The van der Waals surface area contributed by atoms with Crippen molar-refractivity contribution in [2.24, 2.45) is 0 Å². The normalized spacial score (nSPS) is 10.2. The molecular formula is C15H11ClN6O2. The van der Waals surface area contributed by atoms with Crippen molar-refractivity contribution in [1.82, 2.24) is 31.1 Å². The van der Waals surface area contributed by atoms with Crippen molar-refractivity contribution in [2.75, 3.05) is 0 Å². The van der Waals surface area contributed by atoms with Gasteiger partial charge >= 0.3 is 0 Å². The van der Waals surface area contributed by atoms with E-state index < -0.39 is 11.8 Å². The van der Waals surface area contributed by atoms with E-state index in [1.807, 2.05) is 0 Å². The van der Waals surface area contributed by atoms with Gasteiger partial charge in [0.05, 0.1) is 16.3 Å².